The van der Waals surface area contributed by atoms with Crippen molar-refractivity contribution in [3.05, 3.63) is 29.0 Å². The molecule has 112 valence electrons. The van der Waals surface area contributed by atoms with Crippen molar-refractivity contribution in [1.29, 1.82) is 0 Å². The van der Waals surface area contributed by atoms with Gasteiger partial charge in [0.05, 0.1) is 13.2 Å². The monoisotopic (exact) mass is 352 g/mol. The Morgan fingerprint density at radius 1 is 1.14 bits per heavy atom. The van der Waals surface area contributed by atoms with E-state index in [9.17, 15) is 0 Å². The Morgan fingerprint density at radius 3 is 2.57 bits per heavy atom. The predicted octanol–water partition coefficient (Wildman–Crippen LogP) is 3.36. The van der Waals surface area contributed by atoms with Gasteiger partial charge >= 0.3 is 0 Å². The highest BCUT2D eigenvalue weighted by molar-refractivity contribution is 9.10. The molecular weight excluding hydrogens is 336 g/mol. The zero-order valence-electron chi connectivity index (χ0n) is 11.9. The Labute approximate surface area is 131 Å². The van der Waals surface area contributed by atoms with Gasteiger partial charge in [-0.15, -0.1) is 0 Å². The van der Waals surface area contributed by atoms with E-state index in [4.69, 9.17) is 15.2 Å². The zero-order valence-corrected chi connectivity index (χ0v) is 13.5. The molecule has 1 heterocycles. The first-order valence-corrected chi connectivity index (χ1v) is 7.37. The summed E-state index contributed by atoms with van der Waals surface area (Å²) in [5.41, 5.74) is 6.55. The highest BCUT2D eigenvalue weighted by Gasteiger charge is 2.09. The molecule has 0 aliphatic heterocycles. The van der Waals surface area contributed by atoms with Crippen molar-refractivity contribution < 1.29 is 9.47 Å². The lowest BCUT2D eigenvalue weighted by Crippen LogP contribution is -2.02. The van der Waals surface area contributed by atoms with Crippen molar-refractivity contribution in [3.8, 4) is 11.5 Å². The first-order valence-electron chi connectivity index (χ1n) is 6.58. The third-order valence-electron chi connectivity index (χ3n) is 2.62. The minimum absolute atomic E-state index is 0.378. The fourth-order valence-electron chi connectivity index (χ4n) is 1.74. The van der Waals surface area contributed by atoms with E-state index in [1.54, 1.807) is 0 Å². The van der Waals surface area contributed by atoms with Gasteiger partial charge in [-0.2, -0.15) is 0 Å². The third kappa shape index (κ3) is 3.75. The number of anilines is 3. The molecule has 0 bridgehead atoms. The lowest BCUT2D eigenvalue weighted by molar-refractivity contribution is 0.288. The summed E-state index contributed by atoms with van der Waals surface area (Å²) >= 11 is 3.36. The normalized spacial score (nSPS) is 10.2. The Bertz CT molecular complexity index is 622. The van der Waals surface area contributed by atoms with Crippen molar-refractivity contribution >= 4 is 33.3 Å². The van der Waals surface area contributed by atoms with Gasteiger partial charge < -0.3 is 20.5 Å². The van der Waals surface area contributed by atoms with E-state index >= 15 is 0 Å². The highest BCUT2D eigenvalue weighted by atomic mass is 79.9. The minimum atomic E-state index is 0.378. The maximum atomic E-state index is 5.73. The van der Waals surface area contributed by atoms with Crippen LogP contribution < -0.4 is 20.5 Å². The summed E-state index contributed by atoms with van der Waals surface area (Å²) in [6.07, 6.45) is 1.40. The fraction of sp³-hybridized carbons (Fsp3) is 0.286. The predicted molar refractivity (Wildman–Crippen MR) is 86.2 cm³/mol. The second kappa shape index (κ2) is 7.12. The summed E-state index contributed by atoms with van der Waals surface area (Å²) in [4.78, 5) is 8.05. The summed E-state index contributed by atoms with van der Waals surface area (Å²) in [7, 11) is 0. The lowest BCUT2D eigenvalue weighted by Gasteiger charge is -2.13. The van der Waals surface area contributed by atoms with Crippen LogP contribution in [0.2, 0.25) is 0 Å². The molecule has 1 aromatic carbocycles. The lowest BCUT2D eigenvalue weighted by atomic mass is 10.2. The van der Waals surface area contributed by atoms with E-state index in [1.165, 1.54) is 6.33 Å². The summed E-state index contributed by atoms with van der Waals surface area (Å²) in [6, 6.07) is 5.60. The molecule has 7 heteroatoms. The van der Waals surface area contributed by atoms with Gasteiger partial charge in [0, 0.05) is 11.8 Å². The first-order chi connectivity index (χ1) is 10.2. The maximum Gasteiger partial charge on any atom is 0.163 e. The topological polar surface area (TPSA) is 82.3 Å². The van der Waals surface area contributed by atoms with E-state index in [-0.39, 0.29) is 0 Å². The number of aromatic nitrogens is 2. The van der Waals surface area contributed by atoms with Crippen LogP contribution in [0.3, 0.4) is 0 Å². The molecular formula is C14H17BrN4O2. The van der Waals surface area contributed by atoms with E-state index in [0.29, 0.717) is 40.8 Å². The zero-order chi connectivity index (χ0) is 15.2. The van der Waals surface area contributed by atoms with Crippen LogP contribution in [0.25, 0.3) is 0 Å². The number of rotatable bonds is 6. The molecule has 0 fully saturated rings. The van der Waals surface area contributed by atoms with Gasteiger partial charge in [-0.1, -0.05) is 0 Å². The van der Waals surface area contributed by atoms with Gasteiger partial charge in [0.25, 0.3) is 0 Å². The molecule has 0 amide bonds. The van der Waals surface area contributed by atoms with Crippen LogP contribution in [0.4, 0.5) is 17.3 Å². The number of benzene rings is 1. The highest BCUT2D eigenvalue weighted by Crippen LogP contribution is 2.33. The standard InChI is InChI=1S/C14H17BrN4O2/c1-3-20-10-6-5-9(7-11(10)21-4-2)19-14-12(15)13(16)17-8-18-14/h5-8H,3-4H2,1-2H3,(H3,16,17,18,19). The Morgan fingerprint density at radius 2 is 1.86 bits per heavy atom. The van der Waals surface area contributed by atoms with E-state index in [2.05, 4.69) is 31.2 Å². The van der Waals surface area contributed by atoms with Crippen molar-refractivity contribution in [2.75, 3.05) is 24.3 Å². The van der Waals surface area contributed by atoms with Crippen molar-refractivity contribution in [3.63, 3.8) is 0 Å². The number of nitrogens with one attached hydrogen (secondary N) is 1. The largest absolute Gasteiger partial charge is 0.490 e. The van der Waals surface area contributed by atoms with E-state index < -0.39 is 0 Å². The average molecular weight is 353 g/mol. The Hall–Kier alpha value is -2.02. The smallest absolute Gasteiger partial charge is 0.163 e. The van der Waals surface area contributed by atoms with Gasteiger partial charge in [0.1, 0.15) is 22.4 Å². The molecule has 0 spiro atoms. The molecule has 2 aromatic rings. The molecule has 0 saturated carbocycles. The Kier molecular flexibility index (Phi) is 5.21. The molecule has 1 aromatic heterocycles. The minimum Gasteiger partial charge on any atom is -0.490 e. The molecule has 6 nitrogen and oxygen atoms in total. The van der Waals surface area contributed by atoms with Gasteiger partial charge in [-0.3, -0.25) is 0 Å². The molecule has 3 N–H and O–H groups in total. The van der Waals surface area contributed by atoms with Gasteiger partial charge in [0.15, 0.2) is 11.5 Å². The quantitative estimate of drug-likeness (QED) is 0.829. The molecule has 0 atom stereocenters. The maximum absolute atomic E-state index is 5.73. The molecule has 0 radical (unpaired) electrons. The van der Waals surface area contributed by atoms with Gasteiger partial charge in [-0.25, -0.2) is 9.97 Å². The SMILES string of the molecule is CCOc1ccc(Nc2ncnc(N)c2Br)cc1OCC. The van der Waals surface area contributed by atoms with Crippen LogP contribution in [0.15, 0.2) is 29.0 Å². The molecule has 0 saturated heterocycles. The number of ether oxygens (including phenoxy) is 2. The first kappa shape index (κ1) is 15.4. The van der Waals surface area contributed by atoms with Gasteiger partial charge in [-0.05, 0) is 41.9 Å². The van der Waals surface area contributed by atoms with Crippen LogP contribution in [-0.2, 0) is 0 Å². The van der Waals surface area contributed by atoms with Crippen molar-refractivity contribution in [1.82, 2.24) is 9.97 Å². The van der Waals surface area contributed by atoms with E-state index in [0.717, 1.165) is 5.69 Å². The van der Waals surface area contributed by atoms with Gasteiger partial charge in [0.2, 0.25) is 0 Å². The second-order valence-electron chi connectivity index (χ2n) is 4.07. The van der Waals surface area contributed by atoms with Crippen LogP contribution in [0.5, 0.6) is 11.5 Å². The summed E-state index contributed by atoms with van der Waals surface area (Å²) < 4.78 is 11.7. The van der Waals surface area contributed by atoms with Crippen LogP contribution in [0.1, 0.15) is 13.8 Å². The number of nitrogens with two attached hydrogens (primary N) is 1. The van der Waals surface area contributed by atoms with Crippen LogP contribution in [0, 0.1) is 0 Å². The summed E-state index contributed by atoms with van der Waals surface area (Å²) in [6.45, 7) is 5.01. The molecule has 0 unspecified atom stereocenters. The third-order valence-corrected chi connectivity index (χ3v) is 3.40. The number of nitrogens with zero attached hydrogens (tertiary/aromatic N) is 2. The van der Waals surface area contributed by atoms with E-state index in [1.807, 2.05) is 32.0 Å². The average Bonchev–Trinajstić information content (AvgIpc) is 2.47. The van der Waals surface area contributed by atoms with Crippen LogP contribution >= 0.6 is 15.9 Å². The number of halogens is 1. The molecule has 0 aliphatic carbocycles. The number of hydrogen-bond donors (Lipinski definition) is 2. The van der Waals surface area contributed by atoms with Crippen LogP contribution in [-0.4, -0.2) is 23.2 Å². The molecule has 2 rings (SSSR count). The Balaban J connectivity index is 2.28. The molecule has 21 heavy (non-hydrogen) atoms. The number of hydrogen-bond acceptors (Lipinski definition) is 6. The second-order valence-corrected chi connectivity index (χ2v) is 4.87. The van der Waals surface area contributed by atoms with Crippen molar-refractivity contribution in [2.24, 2.45) is 0 Å². The summed E-state index contributed by atoms with van der Waals surface area (Å²) in [5, 5.41) is 3.17. The van der Waals surface area contributed by atoms with Crippen molar-refractivity contribution in [2.45, 2.75) is 13.8 Å². The summed E-state index contributed by atoms with van der Waals surface area (Å²) in [5.74, 6) is 2.37. The number of nitrogen functional groups attached to an aromatic ring is 1. The fourth-order valence-corrected chi connectivity index (χ4v) is 2.04. The molecule has 0 aliphatic rings.